The van der Waals surface area contributed by atoms with Gasteiger partial charge in [0.25, 0.3) is 5.91 Å². The predicted octanol–water partition coefficient (Wildman–Crippen LogP) is 2.05. The molecular weight excluding hydrogens is 223 g/mol. The lowest BCUT2D eigenvalue weighted by molar-refractivity contribution is 0.0914. The lowest BCUT2D eigenvalue weighted by Gasteiger charge is -2.02. The van der Waals surface area contributed by atoms with Crippen LogP contribution in [0.2, 0.25) is 0 Å². The number of aryl methyl sites for hydroxylation is 1. The fourth-order valence-corrected chi connectivity index (χ4v) is 1.39. The van der Waals surface area contributed by atoms with Crippen molar-refractivity contribution in [3.8, 4) is 0 Å². The second kappa shape index (κ2) is 4.78. The van der Waals surface area contributed by atoms with Crippen molar-refractivity contribution in [3.05, 3.63) is 53.2 Å². The molecule has 4 nitrogen and oxygen atoms in total. The summed E-state index contributed by atoms with van der Waals surface area (Å²) in [5.41, 5.74) is 1.33. The predicted molar refractivity (Wildman–Crippen MR) is 58.8 cm³/mol. The number of hydrogen-bond acceptors (Lipinski definition) is 3. The number of halogens is 1. The molecule has 0 aliphatic heterocycles. The maximum absolute atomic E-state index is 12.9. The van der Waals surface area contributed by atoms with Crippen molar-refractivity contribution in [1.29, 1.82) is 0 Å². The maximum Gasteiger partial charge on any atom is 0.290 e. The third-order valence-corrected chi connectivity index (χ3v) is 2.19. The molecule has 1 heterocycles. The van der Waals surface area contributed by atoms with E-state index >= 15 is 0 Å². The fourth-order valence-electron chi connectivity index (χ4n) is 1.39. The standard InChI is InChI=1S/C12H11FN2O2/c1-8-5-11(17-15-8)12(16)14-7-9-3-2-4-10(13)6-9/h2-6H,7H2,1H3,(H,14,16). The highest BCUT2D eigenvalue weighted by molar-refractivity contribution is 5.91. The van der Waals surface area contributed by atoms with Crippen molar-refractivity contribution < 1.29 is 13.7 Å². The molecule has 5 heteroatoms. The van der Waals surface area contributed by atoms with Gasteiger partial charge in [-0.1, -0.05) is 17.3 Å². The molecule has 1 aromatic carbocycles. The van der Waals surface area contributed by atoms with Crippen molar-refractivity contribution in [2.24, 2.45) is 0 Å². The Kier molecular flexibility index (Phi) is 3.18. The third-order valence-electron chi connectivity index (χ3n) is 2.19. The Balaban J connectivity index is 1.97. The Hall–Kier alpha value is -2.17. The maximum atomic E-state index is 12.9. The largest absolute Gasteiger partial charge is 0.351 e. The van der Waals surface area contributed by atoms with E-state index in [0.29, 0.717) is 11.3 Å². The van der Waals surface area contributed by atoms with E-state index < -0.39 is 0 Å². The summed E-state index contributed by atoms with van der Waals surface area (Å²) in [7, 11) is 0. The van der Waals surface area contributed by atoms with Gasteiger partial charge in [0, 0.05) is 12.6 Å². The number of carbonyl (C=O) groups is 1. The van der Waals surface area contributed by atoms with Crippen molar-refractivity contribution >= 4 is 5.91 Å². The Morgan fingerprint density at radius 2 is 2.29 bits per heavy atom. The summed E-state index contributed by atoms with van der Waals surface area (Å²) < 4.78 is 17.7. The second-order valence-electron chi connectivity index (χ2n) is 3.65. The van der Waals surface area contributed by atoms with Gasteiger partial charge in [0.05, 0.1) is 5.69 Å². The summed E-state index contributed by atoms with van der Waals surface area (Å²) in [5.74, 6) is -0.541. The van der Waals surface area contributed by atoms with E-state index in [1.54, 1.807) is 25.1 Å². The molecule has 88 valence electrons. The van der Waals surface area contributed by atoms with Crippen molar-refractivity contribution in [3.63, 3.8) is 0 Å². The monoisotopic (exact) mass is 234 g/mol. The van der Waals surface area contributed by atoms with Crippen LogP contribution in [0.5, 0.6) is 0 Å². The number of nitrogens with one attached hydrogen (secondary N) is 1. The van der Waals surface area contributed by atoms with E-state index in [1.165, 1.54) is 12.1 Å². The van der Waals surface area contributed by atoms with Crippen LogP contribution in [-0.2, 0) is 6.54 Å². The van der Waals surface area contributed by atoms with E-state index in [0.717, 1.165) is 0 Å². The number of hydrogen-bond donors (Lipinski definition) is 1. The Morgan fingerprint density at radius 3 is 2.94 bits per heavy atom. The fraction of sp³-hybridized carbons (Fsp3) is 0.167. The molecule has 0 atom stereocenters. The SMILES string of the molecule is Cc1cc(C(=O)NCc2cccc(F)c2)on1. The van der Waals surface area contributed by atoms with Crippen molar-refractivity contribution in [2.75, 3.05) is 0 Å². The van der Waals surface area contributed by atoms with Crippen molar-refractivity contribution in [1.82, 2.24) is 10.5 Å². The zero-order valence-corrected chi connectivity index (χ0v) is 9.24. The van der Waals surface area contributed by atoms with Crippen LogP contribution >= 0.6 is 0 Å². The highest BCUT2D eigenvalue weighted by Gasteiger charge is 2.10. The first-order valence-electron chi connectivity index (χ1n) is 5.11. The van der Waals surface area contributed by atoms with E-state index in [-0.39, 0.29) is 24.0 Å². The summed E-state index contributed by atoms with van der Waals surface area (Å²) in [5, 5.41) is 6.23. The average molecular weight is 234 g/mol. The van der Waals surface area contributed by atoms with Gasteiger partial charge in [-0.3, -0.25) is 4.79 Å². The number of aromatic nitrogens is 1. The number of nitrogens with zero attached hydrogens (tertiary/aromatic N) is 1. The average Bonchev–Trinajstić information content (AvgIpc) is 2.73. The minimum Gasteiger partial charge on any atom is -0.351 e. The number of amides is 1. The van der Waals surface area contributed by atoms with Gasteiger partial charge in [-0.2, -0.15) is 0 Å². The van der Waals surface area contributed by atoms with Gasteiger partial charge in [-0.05, 0) is 24.6 Å². The lowest BCUT2D eigenvalue weighted by atomic mass is 10.2. The van der Waals surface area contributed by atoms with Crippen LogP contribution in [0.1, 0.15) is 21.8 Å². The smallest absolute Gasteiger partial charge is 0.290 e. The molecule has 0 aliphatic rings. The van der Waals surface area contributed by atoms with Gasteiger partial charge in [-0.25, -0.2) is 4.39 Å². The van der Waals surface area contributed by atoms with Crippen LogP contribution in [0, 0.1) is 12.7 Å². The first-order valence-corrected chi connectivity index (χ1v) is 5.11. The molecule has 0 fully saturated rings. The number of benzene rings is 1. The van der Waals surface area contributed by atoms with Gasteiger partial charge in [-0.15, -0.1) is 0 Å². The first kappa shape index (κ1) is 11.3. The Labute approximate surface area is 97.4 Å². The Bertz CT molecular complexity index is 537. The highest BCUT2D eigenvalue weighted by atomic mass is 19.1. The second-order valence-corrected chi connectivity index (χ2v) is 3.65. The molecule has 0 spiro atoms. The molecule has 2 aromatic rings. The molecule has 0 unspecified atom stereocenters. The van der Waals surface area contributed by atoms with Gasteiger partial charge in [0.2, 0.25) is 5.76 Å². The van der Waals surface area contributed by atoms with Crippen LogP contribution in [-0.4, -0.2) is 11.1 Å². The number of rotatable bonds is 3. The molecule has 1 aromatic heterocycles. The van der Waals surface area contributed by atoms with Gasteiger partial charge < -0.3 is 9.84 Å². The minimum absolute atomic E-state index is 0.152. The summed E-state index contributed by atoms with van der Waals surface area (Å²) in [6.07, 6.45) is 0. The molecule has 0 radical (unpaired) electrons. The molecule has 2 rings (SSSR count). The zero-order chi connectivity index (χ0) is 12.3. The summed E-state index contributed by atoms with van der Waals surface area (Å²) in [6, 6.07) is 7.59. The molecule has 17 heavy (non-hydrogen) atoms. The van der Waals surface area contributed by atoms with Gasteiger partial charge in [0.15, 0.2) is 0 Å². The van der Waals surface area contributed by atoms with E-state index in [4.69, 9.17) is 4.52 Å². The quantitative estimate of drug-likeness (QED) is 0.884. The molecule has 1 amide bonds. The molecule has 1 N–H and O–H groups in total. The first-order chi connectivity index (χ1) is 8.15. The lowest BCUT2D eigenvalue weighted by Crippen LogP contribution is -2.22. The van der Waals surface area contributed by atoms with Crippen LogP contribution in [0.3, 0.4) is 0 Å². The molecule has 0 saturated carbocycles. The third kappa shape index (κ3) is 2.90. The van der Waals surface area contributed by atoms with Crippen LogP contribution in [0.25, 0.3) is 0 Å². The summed E-state index contributed by atoms with van der Waals surface area (Å²) in [4.78, 5) is 11.6. The van der Waals surface area contributed by atoms with Crippen LogP contribution < -0.4 is 5.32 Å². The summed E-state index contributed by atoms with van der Waals surface area (Å²) in [6.45, 7) is 1.98. The minimum atomic E-state index is -0.366. The summed E-state index contributed by atoms with van der Waals surface area (Å²) >= 11 is 0. The molecule has 0 bridgehead atoms. The molecule has 0 aliphatic carbocycles. The number of carbonyl (C=O) groups excluding carboxylic acids is 1. The van der Waals surface area contributed by atoms with Crippen LogP contribution in [0.4, 0.5) is 4.39 Å². The Morgan fingerprint density at radius 1 is 1.47 bits per heavy atom. The highest BCUT2D eigenvalue weighted by Crippen LogP contribution is 2.05. The van der Waals surface area contributed by atoms with E-state index in [2.05, 4.69) is 10.5 Å². The normalized spacial score (nSPS) is 10.2. The van der Waals surface area contributed by atoms with E-state index in [9.17, 15) is 9.18 Å². The molecule has 0 saturated heterocycles. The van der Waals surface area contributed by atoms with Crippen molar-refractivity contribution in [2.45, 2.75) is 13.5 Å². The molecular formula is C12H11FN2O2. The van der Waals surface area contributed by atoms with Gasteiger partial charge in [0.1, 0.15) is 5.82 Å². The van der Waals surface area contributed by atoms with E-state index in [1.807, 2.05) is 0 Å². The topological polar surface area (TPSA) is 55.1 Å². The zero-order valence-electron chi connectivity index (χ0n) is 9.24. The van der Waals surface area contributed by atoms with Crippen LogP contribution in [0.15, 0.2) is 34.9 Å². The van der Waals surface area contributed by atoms with Gasteiger partial charge >= 0.3 is 0 Å².